The average molecular weight is 165 g/mol. The van der Waals surface area contributed by atoms with Crippen molar-refractivity contribution in [3.63, 3.8) is 0 Å². The molecule has 0 aromatic carbocycles. The molecule has 1 unspecified atom stereocenters. The van der Waals surface area contributed by atoms with Gasteiger partial charge in [0.1, 0.15) is 0 Å². The summed E-state index contributed by atoms with van der Waals surface area (Å²) in [7, 11) is 2.02. The first-order valence-corrected chi connectivity index (χ1v) is 4.83. The van der Waals surface area contributed by atoms with Crippen molar-refractivity contribution < 1.29 is 0 Å². The molecule has 1 N–H and O–H groups in total. The summed E-state index contributed by atoms with van der Waals surface area (Å²) in [5.41, 5.74) is 0.459. The van der Waals surface area contributed by atoms with Gasteiger partial charge in [0.25, 0.3) is 0 Å². The van der Waals surface area contributed by atoms with E-state index < -0.39 is 0 Å². The minimum Gasteiger partial charge on any atom is -0.316 e. The van der Waals surface area contributed by atoms with Crippen molar-refractivity contribution >= 4 is 0 Å². The summed E-state index contributed by atoms with van der Waals surface area (Å²) in [6, 6.07) is 0.519. The first-order chi connectivity index (χ1) is 5.73. The van der Waals surface area contributed by atoms with Crippen LogP contribution in [0.25, 0.3) is 0 Å². The van der Waals surface area contributed by atoms with E-state index in [0.29, 0.717) is 11.5 Å². The maximum absolute atomic E-state index is 5.34. The van der Waals surface area contributed by atoms with Crippen LogP contribution in [-0.4, -0.2) is 13.1 Å². The summed E-state index contributed by atoms with van der Waals surface area (Å²) >= 11 is 0. The number of hydrogen-bond acceptors (Lipinski definition) is 1. The fourth-order valence-corrected chi connectivity index (χ4v) is 2.35. The van der Waals surface area contributed by atoms with Gasteiger partial charge < -0.3 is 5.32 Å². The summed E-state index contributed by atoms with van der Waals surface area (Å²) in [5, 5.41) is 3.34. The summed E-state index contributed by atoms with van der Waals surface area (Å²) in [6.07, 6.45) is 11.6. The van der Waals surface area contributed by atoms with Gasteiger partial charge in [-0.05, 0) is 25.3 Å². The zero-order chi connectivity index (χ0) is 9.03. The Labute approximate surface area is 75.9 Å². The van der Waals surface area contributed by atoms with E-state index in [4.69, 9.17) is 6.42 Å². The van der Waals surface area contributed by atoms with E-state index in [2.05, 4.69) is 18.2 Å². The van der Waals surface area contributed by atoms with Gasteiger partial charge in [0.15, 0.2) is 0 Å². The smallest absolute Gasteiger partial charge is 0.0245 e. The zero-order valence-electron chi connectivity index (χ0n) is 8.19. The minimum absolute atomic E-state index is 0.459. The predicted octanol–water partition coefficient (Wildman–Crippen LogP) is 2.18. The van der Waals surface area contributed by atoms with Crippen LogP contribution in [0.3, 0.4) is 0 Å². The molecule has 68 valence electrons. The van der Waals surface area contributed by atoms with Crippen LogP contribution < -0.4 is 5.32 Å². The van der Waals surface area contributed by atoms with Crippen LogP contribution in [0.5, 0.6) is 0 Å². The lowest BCUT2D eigenvalue weighted by Crippen LogP contribution is -2.39. The van der Waals surface area contributed by atoms with E-state index in [1.807, 2.05) is 7.05 Å². The molecule has 1 aliphatic carbocycles. The van der Waals surface area contributed by atoms with Crippen molar-refractivity contribution in [1.82, 2.24) is 5.32 Å². The minimum atomic E-state index is 0.459. The first-order valence-electron chi connectivity index (χ1n) is 4.83. The lowest BCUT2D eigenvalue weighted by molar-refractivity contribution is 0.234. The van der Waals surface area contributed by atoms with Crippen LogP contribution in [0.15, 0.2) is 0 Å². The van der Waals surface area contributed by atoms with Crippen molar-refractivity contribution in [2.75, 3.05) is 7.05 Å². The van der Waals surface area contributed by atoms with E-state index in [1.165, 1.54) is 25.7 Å². The third-order valence-corrected chi connectivity index (χ3v) is 3.26. The second kappa shape index (κ2) is 3.96. The van der Waals surface area contributed by atoms with E-state index in [9.17, 15) is 0 Å². The van der Waals surface area contributed by atoms with Crippen LogP contribution in [0.1, 0.15) is 39.0 Å². The Morgan fingerprint density at radius 1 is 1.50 bits per heavy atom. The van der Waals surface area contributed by atoms with Crippen molar-refractivity contribution in [2.45, 2.75) is 45.1 Å². The highest BCUT2D eigenvalue weighted by Crippen LogP contribution is 2.41. The van der Waals surface area contributed by atoms with Gasteiger partial charge in [-0.15, -0.1) is 12.3 Å². The zero-order valence-corrected chi connectivity index (χ0v) is 8.19. The van der Waals surface area contributed by atoms with Gasteiger partial charge in [0.05, 0.1) is 0 Å². The SMILES string of the molecule is C#CCC(NC)C1(C)CCCC1. The Morgan fingerprint density at radius 3 is 2.50 bits per heavy atom. The van der Waals surface area contributed by atoms with E-state index in [0.717, 1.165) is 6.42 Å². The second-order valence-electron chi connectivity index (χ2n) is 4.11. The molecule has 0 amide bonds. The maximum Gasteiger partial charge on any atom is 0.0245 e. The molecule has 1 aliphatic rings. The van der Waals surface area contributed by atoms with Crippen molar-refractivity contribution in [3.8, 4) is 12.3 Å². The summed E-state index contributed by atoms with van der Waals surface area (Å²) in [6.45, 7) is 2.36. The van der Waals surface area contributed by atoms with Gasteiger partial charge in [0.2, 0.25) is 0 Å². The molecule has 0 saturated heterocycles. The molecular formula is C11H19N. The van der Waals surface area contributed by atoms with Crippen LogP contribution in [-0.2, 0) is 0 Å². The average Bonchev–Trinajstić information content (AvgIpc) is 2.49. The summed E-state index contributed by atoms with van der Waals surface area (Å²) in [5.74, 6) is 2.76. The largest absolute Gasteiger partial charge is 0.316 e. The Kier molecular flexibility index (Phi) is 3.17. The highest BCUT2D eigenvalue weighted by molar-refractivity contribution is 4.98. The predicted molar refractivity (Wildman–Crippen MR) is 52.9 cm³/mol. The topological polar surface area (TPSA) is 12.0 Å². The van der Waals surface area contributed by atoms with Gasteiger partial charge >= 0.3 is 0 Å². The third-order valence-electron chi connectivity index (χ3n) is 3.26. The van der Waals surface area contributed by atoms with Gasteiger partial charge in [-0.2, -0.15) is 0 Å². The van der Waals surface area contributed by atoms with E-state index in [1.54, 1.807) is 0 Å². The fraction of sp³-hybridized carbons (Fsp3) is 0.818. The number of nitrogens with one attached hydrogen (secondary N) is 1. The molecule has 12 heavy (non-hydrogen) atoms. The van der Waals surface area contributed by atoms with Gasteiger partial charge in [-0.1, -0.05) is 19.8 Å². The molecular weight excluding hydrogens is 146 g/mol. The monoisotopic (exact) mass is 165 g/mol. The van der Waals surface area contributed by atoms with Crippen LogP contribution in [0.4, 0.5) is 0 Å². The molecule has 0 aromatic heterocycles. The Morgan fingerprint density at radius 2 is 2.08 bits per heavy atom. The van der Waals surface area contributed by atoms with Crippen LogP contribution >= 0.6 is 0 Å². The second-order valence-corrected chi connectivity index (χ2v) is 4.11. The molecule has 0 heterocycles. The fourth-order valence-electron chi connectivity index (χ4n) is 2.35. The number of hydrogen-bond donors (Lipinski definition) is 1. The third kappa shape index (κ3) is 1.81. The highest BCUT2D eigenvalue weighted by atomic mass is 14.9. The molecule has 1 fully saturated rings. The summed E-state index contributed by atoms with van der Waals surface area (Å²) < 4.78 is 0. The molecule has 1 heteroatoms. The van der Waals surface area contributed by atoms with Gasteiger partial charge in [-0.25, -0.2) is 0 Å². The molecule has 1 atom stereocenters. The normalized spacial score (nSPS) is 23.4. The maximum atomic E-state index is 5.34. The Bertz CT molecular complexity index is 172. The Hall–Kier alpha value is -0.480. The van der Waals surface area contributed by atoms with E-state index >= 15 is 0 Å². The van der Waals surface area contributed by atoms with E-state index in [-0.39, 0.29) is 0 Å². The number of terminal acetylenes is 1. The van der Waals surface area contributed by atoms with Gasteiger partial charge in [-0.3, -0.25) is 0 Å². The lowest BCUT2D eigenvalue weighted by atomic mass is 9.79. The van der Waals surface area contributed by atoms with Gasteiger partial charge in [0, 0.05) is 12.5 Å². The molecule has 0 aromatic rings. The standard InChI is InChI=1S/C11H19N/c1-4-7-10(12-3)11(2)8-5-6-9-11/h1,10,12H,5-9H2,2-3H3. The quantitative estimate of drug-likeness (QED) is 0.632. The van der Waals surface area contributed by atoms with Crippen LogP contribution in [0.2, 0.25) is 0 Å². The Balaban J connectivity index is 2.57. The highest BCUT2D eigenvalue weighted by Gasteiger charge is 2.35. The molecule has 0 radical (unpaired) electrons. The van der Waals surface area contributed by atoms with Crippen LogP contribution in [0, 0.1) is 17.8 Å². The molecule has 0 bridgehead atoms. The first kappa shape index (κ1) is 9.61. The molecule has 1 nitrogen and oxygen atoms in total. The number of rotatable bonds is 3. The lowest BCUT2D eigenvalue weighted by Gasteiger charge is -2.32. The molecule has 1 saturated carbocycles. The summed E-state index contributed by atoms with van der Waals surface area (Å²) in [4.78, 5) is 0. The molecule has 0 aliphatic heterocycles. The van der Waals surface area contributed by atoms with Crippen molar-refractivity contribution in [1.29, 1.82) is 0 Å². The van der Waals surface area contributed by atoms with Crippen molar-refractivity contribution in [3.05, 3.63) is 0 Å². The molecule has 1 rings (SSSR count). The van der Waals surface area contributed by atoms with Crippen molar-refractivity contribution in [2.24, 2.45) is 5.41 Å². The molecule has 0 spiro atoms.